The van der Waals surface area contributed by atoms with E-state index in [-0.39, 0.29) is 10.9 Å². The Kier molecular flexibility index (Phi) is 5.78. The van der Waals surface area contributed by atoms with Crippen molar-refractivity contribution in [1.29, 1.82) is 0 Å². The topological polar surface area (TPSA) is 92.5 Å². The molecule has 6 nitrogen and oxygen atoms in total. The third-order valence-corrected chi connectivity index (χ3v) is 5.75. The van der Waals surface area contributed by atoms with Gasteiger partial charge < -0.3 is 5.73 Å². The standard InChI is InChI=1S/C16H25N3O3S/c1-12(2)15(19-9-3-4-10-19)11-18-23(21,22)14-7-5-13(6-8-14)16(17)20/h5-8,12,15,18H,3-4,9-11H2,1-2H3,(H2,17,20). The molecule has 2 rings (SSSR count). The van der Waals surface area contributed by atoms with Gasteiger partial charge in [-0.3, -0.25) is 9.69 Å². The fourth-order valence-corrected chi connectivity index (χ4v) is 3.99. The van der Waals surface area contributed by atoms with Crippen LogP contribution in [0.2, 0.25) is 0 Å². The Morgan fingerprint density at radius 1 is 1.22 bits per heavy atom. The highest BCUT2D eigenvalue weighted by molar-refractivity contribution is 7.89. The van der Waals surface area contributed by atoms with E-state index in [4.69, 9.17) is 5.73 Å². The molecule has 0 spiro atoms. The number of benzene rings is 1. The Labute approximate surface area is 138 Å². The zero-order valence-corrected chi connectivity index (χ0v) is 14.5. The molecule has 0 aromatic heterocycles. The average molecular weight is 339 g/mol. The first-order valence-corrected chi connectivity index (χ1v) is 9.43. The van der Waals surface area contributed by atoms with Crippen molar-refractivity contribution in [3.8, 4) is 0 Å². The quantitative estimate of drug-likeness (QED) is 0.780. The lowest BCUT2D eigenvalue weighted by atomic mass is 10.0. The third-order valence-electron chi connectivity index (χ3n) is 4.31. The molecule has 1 fully saturated rings. The molecule has 23 heavy (non-hydrogen) atoms. The van der Waals surface area contributed by atoms with Crippen molar-refractivity contribution in [1.82, 2.24) is 9.62 Å². The van der Waals surface area contributed by atoms with Crippen molar-refractivity contribution in [2.75, 3.05) is 19.6 Å². The summed E-state index contributed by atoms with van der Waals surface area (Å²) in [4.78, 5) is 13.5. The van der Waals surface area contributed by atoms with Crippen LogP contribution in [0.25, 0.3) is 0 Å². The number of carbonyl (C=O) groups excluding carboxylic acids is 1. The predicted molar refractivity (Wildman–Crippen MR) is 89.6 cm³/mol. The van der Waals surface area contributed by atoms with Gasteiger partial charge >= 0.3 is 0 Å². The number of carbonyl (C=O) groups is 1. The zero-order valence-electron chi connectivity index (χ0n) is 13.7. The Morgan fingerprint density at radius 2 is 1.78 bits per heavy atom. The van der Waals surface area contributed by atoms with E-state index in [0.717, 1.165) is 13.1 Å². The second-order valence-corrected chi connectivity index (χ2v) is 8.06. The van der Waals surface area contributed by atoms with E-state index in [2.05, 4.69) is 23.5 Å². The number of amides is 1. The van der Waals surface area contributed by atoms with E-state index in [1.165, 1.54) is 37.1 Å². The Balaban J connectivity index is 2.06. The van der Waals surface area contributed by atoms with Gasteiger partial charge in [-0.25, -0.2) is 13.1 Å². The van der Waals surface area contributed by atoms with Crippen molar-refractivity contribution in [3.05, 3.63) is 29.8 Å². The van der Waals surface area contributed by atoms with Crippen LogP contribution >= 0.6 is 0 Å². The molecule has 1 aromatic rings. The molecule has 1 aliphatic heterocycles. The normalized spacial score (nSPS) is 17.5. The minimum atomic E-state index is -3.59. The maximum atomic E-state index is 12.4. The van der Waals surface area contributed by atoms with Gasteiger partial charge in [0.25, 0.3) is 0 Å². The van der Waals surface area contributed by atoms with Gasteiger partial charge in [-0.2, -0.15) is 0 Å². The Bertz CT molecular complexity index is 635. The molecule has 0 saturated carbocycles. The molecule has 1 aliphatic rings. The first kappa shape index (κ1) is 17.9. The van der Waals surface area contributed by atoms with Crippen molar-refractivity contribution in [2.45, 2.75) is 37.6 Å². The molecule has 1 amide bonds. The second-order valence-electron chi connectivity index (χ2n) is 6.29. The van der Waals surface area contributed by atoms with Gasteiger partial charge in [-0.1, -0.05) is 13.8 Å². The minimum Gasteiger partial charge on any atom is -0.366 e. The maximum absolute atomic E-state index is 12.4. The van der Waals surface area contributed by atoms with E-state index >= 15 is 0 Å². The summed E-state index contributed by atoms with van der Waals surface area (Å²) < 4.78 is 27.5. The summed E-state index contributed by atoms with van der Waals surface area (Å²) in [5.74, 6) is -0.205. The monoisotopic (exact) mass is 339 g/mol. The number of rotatable bonds is 7. The van der Waals surface area contributed by atoms with Crippen molar-refractivity contribution < 1.29 is 13.2 Å². The number of hydrogen-bond acceptors (Lipinski definition) is 4. The molecule has 3 N–H and O–H groups in total. The van der Waals surface area contributed by atoms with Crippen LogP contribution in [0.3, 0.4) is 0 Å². The summed E-state index contributed by atoms with van der Waals surface area (Å²) in [6, 6.07) is 5.86. The van der Waals surface area contributed by atoms with E-state index < -0.39 is 15.9 Å². The van der Waals surface area contributed by atoms with E-state index in [9.17, 15) is 13.2 Å². The van der Waals surface area contributed by atoms with E-state index in [1.807, 2.05) is 0 Å². The smallest absolute Gasteiger partial charge is 0.248 e. The van der Waals surface area contributed by atoms with Crippen LogP contribution in [0.4, 0.5) is 0 Å². The summed E-state index contributed by atoms with van der Waals surface area (Å²) in [6.07, 6.45) is 2.34. The van der Waals surface area contributed by atoms with Gasteiger partial charge in [0, 0.05) is 18.2 Å². The highest BCUT2D eigenvalue weighted by Crippen LogP contribution is 2.18. The average Bonchev–Trinajstić information content (AvgIpc) is 3.01. The van der Waals surface area contributed by atoms with Gasteiger partial charge in [0.2, 0.25) is 15.9 Å². The lowest BCUT2D eigenvalue weighted by Crippen LogP contribution is -2.45. The molecular weight excluding hydrogens is 314 g/mol. The number of hydrogen-bond donors (Lipinski definition) is 2. The van der Waals surface area contributed by atoms with Gasteiger partial charge in [0.15, 0.2) is 0 Å². The lowest BCUT2D eigenvalue weighted by Gasteiger charge is -2.30. The summed E-state index contributed by atoms with van der Waals surface area (Å²) in [5, 5.41) is 0. The molecule has 7 heteroatoms. The van der Waals surface area contributed by atoms with Gasteiger partial charge in [0.05, 0.1) is 4.90 Å². The highest BCUT2D eigenvalue weighted by atomic mass is 32.2. The third kappa shape index (κ3) is 4.53. The zero-order chi connectivity index (χ0) is 17.0. The minimum absolute atomic E-state index is 0.145. The number of nitrogens with one attached hydrogen (secondary N) is 1. The van der Waals surface area contributed by atoms with Crippen molar-refractivity contribution in [3.63, 3.8) is 0 Å². The molecule has 1 unspecified atom stereocenters. The van der Waals surface area contributed by atoms with Crippen LogP contribution < -0.4 is 10.5 Å². The summed E-state index contributed by atoms with van der Waals surface area (Å²) in [6.45, 7) is 6.66. The van der Waals surface area contributed by atoms with Crippen LogP contribution in [0.5, 0.6) is 0 Å². The van der Waals surface area contributed by atoms with Crippen LogP contribution in [0.1, 0.15) is 37.0 Å². The maximum Gasteiger partial charge on any atom is 0.248 e. The molecule has 0 radical (unpaired) electrons. The fraction of sp³-hybridized carbons (Fsp3) is 0.562. The largest absolute Gasteiger partial charge is 0.366 e. The number of sulfonamides is 1. The first-order valence-electron chi connectivity index (χ1n) is 7.95. The Hall–Kier alpha value is -1.44. The molecule has 128 valence electrons. The predicted octanol–water partition coefficient (Wildman–Crippen LogP) is 1.18. The number of nitrogens with two attached hydrogens (primary N) is 1. The van der Waals surface area contributed by atoms with E-state index in [0.29, 0.717) is 18.0 Å². The van der Waals surface area contributed by atoms with Gasteiger partial charge in [-0.15, -0.1) is 0 Å². The number of likely N-dealkylation sites (tertiary alicyclic amines) is 1. The summed E-state index contributed by atoms with van der Waals surface area (Å²) >= 11 is 0. The van der Waals surface area contributed by atoms with Crippen LogP contribution in [-0.4, -0.2) is 44.9 Å². The molecule has 1 heterocycles. The SMILES string of the molecule is CC(C)C(CNS(=O)(=O)c1ccc(C(N)=O)cc1)N1CCCC1. The molecule has 1 aromatic carbocycles. The van der Waals surface area contributed by atoms with Gasteiger partial charge in [0.1, 0.15) is 0 Å². The second kappa shape index (κ2) is 7.42. The number of nitrogens with zero attached hydrogens (tertiary/aromatic N) is 1. The van der Waals surface area contributed by atoms with Crippen LogP contribution in [0, 0.1) is 5.92 Å². The first-order chi connectivity index (χ1) is 10.8. The molecule has 1 atom stereocenters. The summed E-state index contributed by atoms with van der Waals surface area (Å²) in [7, 11) is -3.59. The van der Waals surface area contributed by atoms with E-state index in [1.54, 1.807) is 0 Å². The van der Waals surface area contributed by atoms with Crippen LogP contribution in [-0.2, 0) is 10.0 Å². The highest BCUT2D eigenvalue weighted by Gasteiger charge is 2.26. The van der Waals surface area contributed by atoms with Crippen molar-refractivity contribution >= 4 is 15.9 Å². The van der Waals surface area contributed by atoms with Crippen LogP contribution in [0.15, 0.2) is 29.2 Å². The summed E-state index contributed by atoms with van der Waals surface area (Å²) in [5.41, 5.74) is 5.46. The molecule has 0 aliphatic carbocycles. The Morgan fingerprint density at radius 3 is 2.26 bits per heavy atom. The molecule has 1 saturated heterocycles. The van der Waals surface area contributed by atoms with Crippen molar-refractivity contribution in [2.24, 2.45) is 11.7 Å². The number of primary amides is 1. The molecule has 0 bridgehead atoms. The fourth-order valence-electron chi connectivity index (χ4n) is 2.94. The lowest BCUT2D eigenvalue weighted by molar-refractivity contribution is 0.1000. The molecular formula is C16H25N3O3S. The van der Waals surface area contributed by atoms with Gasteiger partial charge in [-0.05, 0) is 56.1 Å².